The molecule has 0 atom stereocenters. The van der Waals surface area contributed by atoms with Crippen molar-refractivity contribution in [1.82, 2.24) is 5.32 Å². The van der Waals surface area contributed by atoms with Crippen LogP contribution >= 0.6 is 0 Å². The summed E-state index contributed by atoms with van der Waals surface area (Å²) in [6.45, 7) is 3.44. The Morgan fingerprint density at radius 3 is 2.55 bits per heavy atom. The van der Waals surface area contributed by atoms with Crippen LogP contribution in [0.5, 0.6) is 0 Å². The van der Waals surface area contributed by atoms with Crippen molar-refractivity contribution in [2.75, 3.05) is 18.9 Å². The number of nitrogens with one attached hydrogen (secondary N) is 1. The number of anilines is 1. The second-order valence-corrected chi connectivity index (χ2v) is 5.67. The molecule has 1 aliphatic carbocycles. The van der Waals surface area contributed by atoms with E-state index in [4.69, 9.17) is 10.5 Å². The van der Waals surface area contributed by atoms with Gasteiger partial charge in [0.25, 0.3) is 0 Å². The molecule has 1 saturated carbocycles. The van der Waals surface area contributed by atoms with Crippen LogP contribution in [-0.2, 0) is 4.74 Å². The highest BCUT2D eigenvalue weighted by molar-refractivity contribution is 5.89. The average Bonchev–Trinajstić information content (AvgIpc) is 2.46. The highest BCUT2D eigenvalue weighted by Crippen LogP contribution is 2.23. The third-order valence-electron chi connectivity index (χ3n) is 3.93. The summed E-state index contributed by atoms with van der Waals surface area (Å²) < 4.78 is 5.24. The van der Waals surface area contributed by atoms with Crippen LogP contribution < -0.4 is 11.1 Å². The van der Waals surface area contributed by atoms with Crippen LogP contribution in [0.1, 0.15) is 43.0 Å². The third kappa shape index (κ3) is 4.53. The quantitative estimate of drug-likeness (QED) is 0.493. The molecule has 0 saturated heterocycles. The van der Waals surface area contributed by atoms with Crippen LogP contribution in [0.3, 0.4) is 0 Å². The van der Waals surface area contributed by atoms with E-state index < -0.39 is 0 Å². The second kappa shape index (κ2) is 7.29. The topological polar surface area (TPSA) is 64.3 Å². The lowest BCUT2D eigenvalue weighted by Gasteiger charge is -2.26. The molecule has 1 fully saturated rings. The molecule has 0 aliphatic heterocycles. The number of ether oxygens (including phenoxy) is 1. The number of nitrogen functional groups attached to an aromatic ring is 1. The van der Waals surface area contributed by atoms with Crippen molar-refractivity contribution >= 4 is 11.7 Å². The fraction of sp³-hybridized carbons (Fsp3) is 0.562. The summed E-state index contributed by atoms with van der Waals surface area (Å²) in [4.78, 5) is 11.8. The SMILES string of the molecule is CC1CCC(NCCOC(=O)c2ccc(N)cc2)CC1. The van der Waals surface area contributed by atoms with Crippen LogP contribution in [0.15, 0.2) is 24.3 Å². The minimum atomic E-state index is -0.288. The fourth-order valence-electron chi connectivity index (χ4n) is 2.57. The summed E-state index contributed by atoms with van der Waals surface area (Å²) in [7, 11) is 0. The van der Waals surface area contributed by atoms with Crippen molar-refractivity contribution in [2.24, 2.45) is 5.92 Å². The minimum absolute atomic E-state index is 0.288. The Morgan fingerprint density at radius 2 is 1.90 bits per heavy atom. The van der Waals surface area contributed by atoms with E-state index in [0.717, 1.165) is 12.5 Å². The number of rotatable bonds is 5. The molecule has 20 heavy (non-hydrogen) atoms. The van der Waals surface area contributed by atoms with Crippen molar-refractivity contribution in [2.45, 2.75) is 38.6 Å². The first kappa shape index (κ1) is 14.9. The summed E-state index contributed by atoms with van der Waals surface area (Å²) in [5, 5.41) is 3.46. The molecule has 110 valence electrons. The van der Waals surface area contributed by atoms with Crippen LogP contribution in [-0.4, -0.2) is 25.2 Å². The molecule has 0 spiro atoms. The summed E-state index contributed by atoms with van der Waals surface area (Å²) in [6, 6.07) is 7.37. The Kier molecular flexibility index (Phi) is 5.41. The number of benzene rings is 1. The molecule has 2 rings (SSSR count). The largest absolute Gasteiger partial charge is 0.461 e. The van der Waals surface area contributed by atoms with Gasteiger partial charge in [-0.1, -0.05) is 6.92 Å². The standard InChI is InChI=1S/C16H24N2O2/c1-12-2-8-15(9-3-12)18-10-11-20-16(19)13-4-6-14(17)7-5-13/h4-7,12,15,18H,2-3,8-11,17H2,1H3. The first-order chi connectivity index (χ1) is 9.65. The maximum atomic E-state index is 11.8. The van der Waals surface area contributed by atoms with Gasteiger partial charge in [0.15, 0.2) is 0 Å². The molecule has 4 heteroatoms. The monoisotopic (exact) mass is 276 g/mol. The molecule has 4 nitrogen and oxygen atoms in total. The van der Waals surface area contributed by atoms with Crippen LogP contribution in [0.2, 0.25) is 0 Å². The van der Waals surface area contributed by atoms with Crippen molar-refractivity contribution in [3.8, 4) is 0 Å². The molecule has 0 amide bonds. The molecule has 0 heterocycles. The van der Waals surface area contributed by atoms with E-state index in [2.05, 4.69) is 12.2 Å². The van der Waals surface area contributed by atoms with Gasteiger partial charge in [0.1, 0.15) is 6.61 Å². The number of hydrogen-bond acceptors (Lipinski definition) is 4. The summed E-state index contributed by atoms with van der Waals surface area (Å²) >= 11 is 0. The van der Waals surface area contributed by atoms with Gasteiger partial charge in [-0.15, -0.1) is 0 Å². The molecule has 0 aromatic heterocycles. The van der Waals surface area contributed by atoms with E-state index in [-0.39, 0.29) is 5.97 Å². The van der Waals surface area contributed by atoms with Crippen molar-refractivity contribution < 1.29 is 9.53 Å². The van der Waals surface area contributed by atoms with E-state index in [1.54, 1.807) is 24.3 Å². The first-order valence-corrected chi connectivity index (χ1v) is 7.41. The van der Waals surface area contributed by atoms with Gasteiger partial charge in [-0.3, -0.25) is 0 Å². The Labute approximate surface area is 120 Å². The van der Waals surface area contributed by atoms with Gasteiger partial charge < -0.3 is 15.8 Å². The molecule has 0 radical (unpaired) electrons. The number of carbonyl (C=O) groups is 1. The van der Waals surface area contributed by atoms with Crippen LogP contribution in [0.4, 0.5) is 5.69 Å². The molecule has 1 aromatic carbocycles. The number of hydrogen-bond donors (Lipinski definition) is 2. The molecule has 1 aliphatic rings. The zero-order valence-corrected chi connectivity index (χ0v) is 12.1. The highest BCUT2D eigenvalue weighted by Gasteiger charge is 2.17. The van der Waals surface area contributed by atoms with E-state index >= 15 is 0 Å². The van der Waals surface area contributed by atoms with Crippen molar-refractivity contribution in [1.29, 1.82) is 0 Å². The van der Waals surface area contributed by atoms with Crippen LogP contribution in [0, 0.1) is 5.92 Å². The smallest absolute Gasteiger partial charge is 0.338 e. The Balaban J connectivity index is 1.63. The number of carbonyl (C=O) groups excluding carboxylic acids is 1. The van der Waals surface area contributed by atoms with Gasteiger partial charge in [0.05, 0.1) is 5.56 Å². The fourth-order valence-corrected chi connectivity index (χ4v) is 2.57. The van der Waals surface area contributed by atoms with E-state index in [1.165, 1.54) is 25.7 Å². The molecule has 0 bridgehead atoms. The zero-order valence-electron chi connectivity index (χ0n) is 12.1. The molecular weight excluding hydrogens is 252 g/mol. The number of esters is 1. The third-order valence-corrected chi connectivity index (χ3v) is 3.93. The van der Waals surface area contributed by atoms with E-state index in [9.17, 15) is 4.79 Å². The van der Waals surface area contributed by atoms with Gasteiger partial charge in [0, 0.05) is 18.3 Å². The van der Waals surface area contributed by atoms with E-state index in [1.807, 2.05) is 0 Å². The lowest BCUT2D eigenvalue weighted by atomic mass is 9.87. The van der Waals surface area contributed by atoms with Gasteiger partial charge in [-0.2, -0.15) is 0 Å². The van der Waals surface area contributed by atoms with Crippen LogP contribution in [0.25, 0.3) is 0 Å². The van der Waals surface area contributed by atoms with Gasteiger partial charge in [0.2, 0.25) is 0 Å². The van der Waals surface area contributed by atoms with E-state index in [0.29, 0.717) is 23.9 Å². The molecule has 0 unspecified atom stereocenters. The van der Waals surface area contributed by atoms with Crippen molar-refractivity contribution in [3.05, 3.63) is 29.8 Å². The predicted octanol–water partition coefficient (Wildman–Crippen LogP) is 2.59. The Hall–Kier alpha value is -1.55. The van der Waals surface area contributed by atoms with Crippen molar-refractivity contribution in [3.63, 3.8) is 0 Å². The number of nitrogens with two attached hydrogens (primary N) is 1. The van der Waals surface area contributed by atoms with Gasteiger partial charge in [-0.05, 0) is 55.9 Å². The second-order valence-electron chi connectivity index (χ2n) is 5.67. The summed E-state index contributed by atoms with van der Waals surface area (Å²) in [5.74, 6) is 0.570. The zero-order chi connectivity index (χ0) is 14.4. The maximum Gasteiger partial charge on any atom is 0.338 e. The molecule has 1 aromatic rings. The van der Waals surface area contributed by atoms with Gasteiger partial charge in [-0.25, -0.2) is 4.79 Å². The summed E-state index contributed by atoms with van der Waals surface area (Å²) in [6.07, 6.45) is 5.05. The normalized spacial score (nSPS) is 22.4. The minimum Gasteiger partial charge on any atom is -0.461 e. The molecular formula is C16H24N2O2. The predicted molar refractivity (Wildman–Crippen MR) is 80.6 cm³/mol. The Bertz CT molecular complexity index is 423. The lowest BCUT2D eigenvalue weighted by molar-refractivity contribution is 0.0504. The Morgan fingerprint density at radius 1 is 1.25 bits per heavy atom. The average molecular weight is 276 g/mol. The first-order valence-electron chi connectivity index (χ1n) is 7.41. The van der Waals surface area contributed by atoms with Gasteiger partial charge >= 0.3 is 5.97 Å². The molecule has 3 N–H and O–H groups in total. The highest BCUT2D eigenvalue weighted by atomic mass is 16.5. The summed E-state index contributed by atoms with van der Waals surface area (Å²) in [5.41, 5.74) is 6.77. The lowest BCUT2D eigenvalue weighted by Crippen LogP contribution is -2.35. The maximum absolute atomic E-state index is 11.8.